The molecule has 0 saturated carbocycles. The molecule has 0 fully saturated rings. The van der Waals surface area contributed by atoms with Gasteiger partial charge in [-0.25, -0.2) is 0 Å². The molecule has 4 heteroatoms. The Balaban J connectivity index is 1.04. The van der Waals surface area contributed by atoms with Gasteiger partial charge in [-0.2, -0.15) is 0 Å². The molecule has 11 rings (SSSR count). The number of hydrogen-bond donors (Lipinski definition) is 0. The van der Waals surface area contributed by atoms with E-state index in [2.05, 4.69) is 115 Å². The van der Waals surface area contributed by atoms with Crippen molar-refractivity contribution in [2.45, 2.75) is 0 Å². The monoisotopic (exact) mass is 710 g/mol. The fourth-order valence-corrected chi connectivity index (χ4v) is 10.8. The Morgan fingerprint density at radius 1 is 0.296 bits per heavy atom. The van der Waals surface area contributed by atoms with Crippen molar-refractivity contribution in [2.24, 2.45) is 0 Å². The van der Waals surface area contributed by atoms with E-state index >= 15 is 4.57 Å². The first-order valence-electron chi connectivity index (χ1n) is 18.2. The Morgan fingerprint density at radius 2 is 0.722 bits per heavy atom. The lowest BCUT2D eigenvalue weighted by Gasteiger charge is -2.22. The molecule has 0 aliphatic carbocycles. The van der Waals surface area contributed by atoms with E-state index in [4.69, 9.17) is 8.83 Å². The van der Waals surface area contributed by atoms with E-state index in [9.17, 15) is 0 Å². The summed E-state index contributed by atoms with van der Waals surface area (Å²) < 4.78 is 28.4. The number of furan rings is 2. The van der Waals surface area contributed by atoms with Crippen molar-refractivity contribution < 1.29 is 13.4 Å². The Labute approximate surface area is 311 Å². The van der Waals surface area contributed by atoms with E-state index in [0.717, 1.165) is 104 Å². The molecule has 54 heavy (non-hydrogen) atoms. The molecule has 254 valence electrons. The maximum atomic E-state index is 15.9. The van der Waals surface area contributed by atoms with Gasteiger partial charge < -0.3 is 13.4 Å². The van der Waals surface area contributed by atoms with E-state index < -0.39 is 7.14 Å². The quantitative estimate of drug-likeness (QED) is 0.167. The zero-order valence-corrected chi connectivity index (χ0v) is 30.0. The van der Waals surface area contributed by atoms with Gasteiger partial charge in [0.1, 0.15) is 22.3 Å². The van der Waals surface area contributed by atoms with Crippen LogP contribution in [0.15, 0.2) is 197 Å². The summed E-state index contributed by atoms with van der Waals surface area (Å²) in [5.41, 5.74) is 7.70. The smallest absolute Gasteiger partial charge is 0.171 e. The largest absolute Gasteiger partial charge is 0.456 e. The first kappa shape index (κ1) is 30.9. The van der Waals surface area contributed by atoms with Crippen LogP contribution in [0.3, 0.4) is 0 Å². The maximum Gasteiger partial charge on any atom is 0.171 e. The summed E-state index contributed by atoms with van der Waals surface area (Å²) in [7, 11) is -3.30. The summed E-state index contributed by atoms with van der Waals surface area (Å²) in [5.74, 6) is 0. The molecule has 0 saturated heterocycles. The number of para-hydroxylation sites is 1. The van der Waals surface area contributed by atoms with E-state index in [1.54, 1.807) is 0 Å². The van der Waals surface area contributed by atoms with E-state index in [0.29, 0.717) is 0 Å². The Kier molecular flexibility index (Phi) is 6.83. The van der Waals surface area contributed by atoms with Gasteiger partial charge in [0, 0.05) is 37.5 Å². The van der Waals surface area contributed by atoms with E-state index in [1.165, 1.54) is 0 Å². The second kappa shape index (κ2) is 11.9. The second-order valence-corrected chi connectivity index (χ2v) is 16.8. The molecule has 0 unspecified atom stereocenters. The molecular weight excluding hydrogens is 680 g/mol. The van der Waals surface area contributed by atoms with Crippen LogP contribution in [0.25, 0.3) is 87.7 Å². The van der Waals surface area contributed by atoms with Gasteiger partial charge in [0.15, 0.2) is 7.14 Å². The molecule has 2 aromatic heterocycles. The number of fused-ring (bicyclic) bond motifs is 8. The molecule has 0 bridgehead atoms. The van der Waals surface area contributed by atoms with Crippen LogP contribution in [-0.2, 0) is 4.57 Å². The molecule has 0 N–H and O–H groups in total. The van der Waals surface area contributed by atoms with Crippen molar-refractivity contribution in [2.75, 3.05) is 0 Å². The molecule has 2 heterocycles. The summed E-state index contributed by atoms with van der Waals surface area (Å²) >= 11 is 0. The number of benzene rings is 9. The highest BCUT2D eigenvalue weighted by Crippen LogP contribution is 2.45. The summed E-state index contributed by atoms with van der Waals surface area (Å²) in [4.78, 5) is 0. The Bertz CT molecular complexity index is 3250. The second-order valence-electron chi connectivity index (χ2n) is 14.1. The van der Waals surface area contributed by atoms with Gasteiger partial charge in [0.2, 0.25) is 0 Å². The highest BCUT2D eigenvalue weighted by atomic mass is 31.2. The van der Waals surface area contributed by atoms with Crippen molar-refractivity contribution >= 4 is 88.5 Å². The third-order valence-electron chi connectivity index (χ3n) is 10.9. The van der Waals surface area contributed by atoms with Crippen LogP contribution in [0.5, 0.6) is 0 Å². The van der Waals surface area contributed by atoms with Crippen LogP contribution in [0.2, 0.25) is 0 Å². The number of rotatable bonds is 5. The van der Waals surface area contributed by atoms with Gasteiger partial charge in [-0.05, 0) is 104 Å². The van der Waals surface area contributed by atoms with Gasteiger partial charge in [-0.1, -0.05) is 127 Å². The summed E-state index contributed by atoms with van der Waals surface area (Å²) in [5, 5.41) is 11.1. The molecular formula is C50H31O3P. The molecule has 3 nitrogen and oxygen atoms in total. The van der Waals surface area contributed by atoms with Crippen molar-refractivity contribution in [1.29, 1.82) is 0 Å². The minimum Gasteiger partial charge on any atom is -0.456 e. The molecule has 0 radical (unpaired) electrons. The van der Waals surface area contributed by atoms with Gasteiger partial charge in [-0.15, -0.1) is 0 Å². The van der Waals surface area contributed by atoms with Crippen LogP contribution in [0, 0.1) is 0 Å². The molecule has 0 aliphatic heterocycles. The third-order valence-corrected chi connectivity index (χ3v) is 13.9. The topological polar surface area (TPSA) is 43.4 Å². The standard InChI is InChI=1S/C50H31O3P/c51-54(41-21-16-32-8-1-3-10-34(32)26-41,42-22-17-33-9-2-4-11-35(33)27-42)40-13-7-12-36(28-40)37-18-24-49-45(30-37)46-31-39(20-25-50(46)53-49)38-19-23-48-44(29-38)43-14-5-6-15-47(43)52-48/h1-31H. The van der Waals surface area contributed by atoms with Gasteiger partial charge >= 0.3 is 0 Å². The summed E-state index contributed by atoms with van der Waals surface area (Å²) in [6, 6.07) is 64.6. The van der Waals surface area contributed by atoms with Crippen LogP contribution < -0.4 is 15.9 Å². The van der Waals surface area contributed by atoms with Gasteiger partial charge in [-0.3, -0.25) is 0 Å². The lowest BCUT2D eigenvalue weighted by molar-refractivity contribution is 0.592. The highest BCUT2D eigenvalue weighted by molar-refractivity contribution is 7.85. The summed E-state index contributed by atoms with van der Waals surface area (Å²) in [6.07, 6.45) is 0. The van der Waals surface area contributed by atoms with Crippen molar-refractivity contribution in [3.05, 3.63) is 188 Å². The SMILES string of the molecule is O=P(c1cccc(-c2ccc3oc4ccc(-c5ccc6oc7ccccc7c6c5)cc4c3c2)c1)(c1ccc2ccccc2c1)c1ccc2ccccc2c1. The van der Waals surface area contributed by atoms with Gasteiger partial charge in [0.25, 0.3) is 0 Å². The average Bonchev–Trinajstić information content (AvgIpc) is 3.80. The molecule has 0 spiro atoms. The zero-order valence-electron chi connectivity index (χ0n) is 29.1. The molecule has 0 atom stereocenters. The Morgan fingerprint density at radius 3 is 1.28 bits per heavy atom. The zero-order chi connectivity index (χ0) is 35.8. The van der Waals surface area contributed by atoms with Crippen molar-refractivity contribution in [1.82, 2.24) is 0 Å². The lowest BCUT2D eigenvalue weighted by Crippen LogP contribution is -2.25. The lowest BCUT2D eigenvalue weighted by atomic mass is 9.99. The Hall–Kier alpha value is -6.67. The van der Waals surface area contributed by atoms with Crippen LogP contribution in [-0.4, -0.2) is 0 Å². The average molecular weight is 711 g/mol. The summed E-state index contributed by atoms with van der Waals surface area (Å²) in [6.45, 7) is 0. The van der Waals surface area contributed by atoms with Crippen molar-refractivity contribution in [3.63, 3.8) is 0 Å². The minimum atomic E-state index is -3.30. The van der Waals surface area contributed by atoms with E-state index in [-0.39, 0.29) is 0 Å². The molecule has 11 aromatic rings. The fourth-order valence-electron chi connectivity index (χ4n) is 8.12. The molecule has 0 amide bonds. The first-order valence-corrected chi connectivity index (χ1v) is 19.9. The van der Waals surface area contributed by atoms with Gasteiger partial charge in [0.05, 0.1) is 0 Å². The van der Waals surface area contributed by atoms with Crippen LogP contribution in [0.4, 0.5) is 0 Å². The highest BCUT2D eigenvalue weighted by Gasteiger charge is 2.31. The van der Waals surface area contributed by atoms with Crippen LogP contribution in [0.1, 0.15) is 0 Å². The van der Waals surface area contributed by atoms with Crippen LogP contribution >= 0.6 is 7.14 Å². The normalized spacial score (nSPS) is 12.1. The number of hydrogen-bond acceptors (Lipinski definition) is 3. The van der Waals surface area contributed by atoms with E-state index in [1.807, 2.05) is 72.8 Å². The molecule has 9 aromatic carbocycles. The maximum absolute atomic E-state index is 15.9. The third kappa shape index (κ3) is 4.86. The molecule has 0 aliphatic rings. The minimum absolute atomic E-state index is 0.798. The van der Waals surface area contributed by atoms with Crippen molar-refractivity contribution in [3.8, 4) is 22.3 Å². The predicted molar refractivity (Wildman–Crippen MR) is 226 cm³/mol. The first-order chi connectivity index (χ1) is 26.6. The predicted octanol–water partition coefficient (Wildman–Crippen LogP) is 12.8. The fraction of sp³-hybridized carbons (Fsp3) is 0.